The lowest BCUT2D eigenvalue weighted by atomic mass is 9.94. The van der Waals surface area contributed by atoms with Gasteiger partial charge in [0.05, 0.1) is 12.7 Å². The van der Waals surface area contributed by atoms with Crippen LogP contribution in [0.25, 0.3) is 0 Å². The zero-order chi connectivity index (χ0) is 13.2. The number of nitrogens with one attached hydrogen (secondary N) is 1. The van der Waals surface area contributed by atoms with Gasteiger partial charge in [-0.2, -0.15) is 0 Å². The highest BCUT2D eigenvalue weighted by molar-refractivity contribution is 4.93. The van der Waals surface area contributed by atoms with Crippen molar-refractivity contribution in [1.29, 1.82) is 0 Å². The summed E-state index contributed by atoms with van der Waals surface area (Å²) in [6.07, 6.45) is 3.18. The monoisotopic (exact) mass is 267 g/mol. The van der Waals surface area contributed by atoms with Crippen LogP contribution in [0.5, 0.6) is 0 Å². The molecule has 3 atom stereocenters. The highest BCUT2D eigenvalue weighted by Gasteiger charge is 2.35. The molecule has 4 heteroatoms. The Morgan fingerprint density at radius 3 is 2.95 bits per heavy atom. The van der Waals surface area contributed by atoms with Gasteiger partial charge in [0, 0.05) is 44.8 Å². The molecular formula is C15H29N3O. The Bertz CT molecular complexity index is 283. The van der Waals surface area contributed by atoms with Crippen LogP contribution in [-0.2, 0) is 4.74 Å². The fourth-order valence-corrected chi connectivity index (χ4v) is 3.89. The molecule has 0 saturated carbocycles. The summed E-state index contributed by atoms with van der Waals surface area (Å²) in [6.45, 7) is 12.5. The van der Waals surface area contributed by atoms with E-state index in [2.05, 4.69) is 29.0 Å². The number of likely N-dealkylation sites (tertiary alicyclic amines) is 1. The summed E-state index contributed by atoms with van der Waals surface area (Å²) >= 11 is 0. The molecule has 0 aromatic heterocycles. The molecule has 0 amide bonds. The van der Waals surface area contributed by atoms with Crippen LogP contribution in [0, 0.1) is 5.92 Å². The zero-order valence-corrected chi connectivity index (χ0v) is 12.5. The number of hydrogen-bond acceptors (Lipinski definition) is 4. The Hall–Kier alpha value is -0.160. The topological polar surface area (TPSA) is 27.7 Å². The fourth-order valence-electron chi connectivity index (χ4n) is 3.89. The zero-order valence-electron chi connectivity index (χ0n) is 12.5. The third-order valence-electron chi connectivity index (χ3n) is 5.04. The first-order chi connectivity index (χ1) is 9.22. The summed E-state index contributed by atoms with van der Waals surface area (Å²) in [4.78, 5) is 5.18. The van der Waals surface area contributed by atoms with Gasteiger partial charge in [-0.15, -0.1) is 0 Å². The number of fused-ring (bicyclic) bond motifs is 1. The SMILES string of the molecule is CC(C)N1CCOC(CN2C[C@@H]3CCCN[C@@H]3C2)C1. The summed E-state index contributed by atoms with van der Waals surface area (Å²) in [6, 6.07) is 1.40. The number of nitrogens with zero attached hydrogens (tertiary/aromatic N) is 2. The summed E-state index contributed by atoms with van der Waals surface area (Å²) < 4.78 is 5.97. The average molecular weight is 267 g/mol. The molecule has 3 rings (SSSR count). The van der Waals surface area contributed by atoms with Crippen LogP contribution in [0.15, 0.2) is 0 Å². The standard InChI is InChI=1S/C15H29N3O/c1-12(2)18-6-7-19-14(10-18)9-17-8-13-4-3-5-16-15(13)11-17/h12-16H,3-11H2,1-2H3/t13-,14?,15+/m0/s1. The van der Waals surface area contributed by atoms with E-state index >= 15 is 0 Å². The molecule has 0 aliphatic carbocycles. The first-order valence-electron chi connectivity index (χ1n) is 8.04. The second-order valence-corrected chi connectivity index (χ2v) is 6.76. The van der Waals surface area contributed by atoms with Gasteiger partial charge in [0.2, 0.25) is 0 Å². The van der Waals surface area contributed by atoms with E-state index < -0.39 is 0 Å². The molecule has 1 unspecified atom stereocenters. The first kappa shape index (κ1) is 13.8. The predicted octanol–water partition coefficient (Wildman–Crippen LogP) is 0.779. The normalized spacial score (nSPS) is 37.7. The van der Waals surface area contributed by atoms with Crippen molar-refractivity contribution in [3.05, 3.63) is 0 Å². The van der Waals surface area contributed by atoms with Gasteiger partial charge in [-0.3, -0.25) is 9.80 Å². The van der Waals surface area contributed by atoms with Crippen LogP contribution >= 0.6 is 0 Å². The van der Waals surface area contributed by atoms with Crippen LogP contribution in [0.2, 0.25) is 0 Å². The van der Waals surface area contributed by atoms with Gasteiger partial charge < -0.3 is 10.1 Å². The Labute approximate surface area is 117 Å². The molecule has 3 aliphatic rings. The van der Waals surface area contributed by atoms with E-state index in [-0.39, 0.29) is 0 Å². The van der Waals surface area contributed by atoms with Gasteiger partial charge in [0.25, 0.3) is 0 Å². The maximum absolute atomic E-state index is 5.97. The lowest BCUT2D eigenvalue weighted by Crippen LogP contribution is -2.49. The lowest BCUT2D eigenvalue weighted by Gasteiger charge is -2.37. The predicted molar refractivity (Wildman–Crippen MR) is 77.4 cm³/mol. The molecule has 3 heterocycles. The highest BCUT2D eigenvalue weighted by Crippen LogP contribution is 2.25. The summed E-state index contributed by atoms with van der Waals surface area (Å²) in [5.41, 5.74) is 0. The van der Waals surface area contributed by atoms with Gasteiger partial charge in [-0.05, 0) is 39.2 Å². The third-order valence-corrected chi connectivity index (χ3v) is 5.04. The Kier molecular flexibility index (Phi) is 4.42. The highest BCUT2D eigenvalue weighted by atomic mass is 16.5. The molecule has 0 radical (unpaired) electrons. The van der Waals surface area contributed by atoms with E-state index in [1.165, 1.54) is 32.5 Å². The lowest BCUT2D eigenvalue weighted by molar-refractivity contribution is -0.0502. The summed E-state index contributed by atoms with van der Waals surface area (Å²) in [5.74, 6) is 0.888. The smallest absolute Gasteiger partial charge is 0.0829 e. The van der Waals surface area contributed by atoms with Crippen molar-refractivity contribution in [1.82, 2.24) is 15.1 Å². The molecule has 3 aliphatic heterocycles. The van der Waals surface area contributed by atoms with Crippen molar-refractivity contribution in [2.24, 2.45) is 5.92 Å². The van der Waals surface area contributed by atoms with Gasteiger partial charge in [-0.25, -0.2) is 0 Å². The van der Waals surface area contributed by atoms with E-state index in [4.69, 9.17) is 4.74 Å². The maximum Gasteiger partial charge on any atom is 0.0829 e. The molecule has 1 N–H and O–H groups in total. The Morgan fingerprint density at radius 1 is 1.26 bits per heavy atom. The van der Waals surface area contributed by atoms with Crippen molar-refractivity contribution >= 4 is 0 Å². The van der Waals surface area contributed by atoms with Crippen LogP contribution in [0.3, 0.4) is 0 Å². The van der Waals surface area contributed by atoms with E-state index in [9.17, 15) is 0 Å². The van der Waals surface area contributed by atoms with Crippen molar-refractivity contribution in [2.45, 2.75) is 44.9 Å². The number of rotatable bonds is 3. The van der Waals surface area contributed by atoms with Crippen molar-refractivity contribution in [3.8, 4) is 0 Å². The van der Waals surface area contributed by atoms with Gasteiger partial charge in [0.1, 0.15) is 0 Å². The van der Waals surface area contributed by atoms with E-state index in [0.717, 1.165) is 38.2 Å². The largest absolute Gasteiger partial charge is 0.374 e. The van der Waals surface area contributed by atoms with Crippen LogP contribution in [0.1, 0.15) is 26.7 Å². The molecule has 0 bridgehead atoms. The van der Waals surface area contributed by atoms with Crippen molar-refractivity contribution in [3.63, 3.8) is 0 Å². The quantitative estimate of drug-likeness (QED) is 0.818. The molecular weight excluding hydrogens is 238 g/mol. The number of hydrogen-bond donors (Lipinski definition) is 1. The summed E-state index contributed by atoms with van der Waals surface area (Å²) in [7, 11) is 0. The number of piperidine rings is 1. The van der Waals surface area contributed by atoms with Gasteiger partial charge in [-0.1, -0.05) is 0 Å². The second-order valence-electron chi connectivity index (χ2n) is 6.76. The van der Waals surface area contributed by atoms with Gasteiger partial charge in [0.15, 0.2) is 0 Å². The van der Waals surface area contributed by atoms with Gasteiger partial charge >= 0.3 is 0 Å². The van der Waals surface area contributed by atoms with E-state index in [0.29, 0.717) is 12.1 Å². The molecule has 3 fully saturated rings. The van der Waals surface area contributed by atoms with E-state index in [1.54, 1.807) is 0 Å². The fraction of sp³-hybridized carbons (Fsp3) is 1.00. The Balaban J connectivity index is 1.49. The second kappa shape index (κ2) is 6.08. The van der Waals surface area contributed by atoms with Crippen LogP contribution < -0.4 is 5.32 Å². The maximum atomic E-state index is 5.97. The molecule has 19 heavy (non-hydrogen) atoms. The molecule has 4 nitrogen and oxygen atoms in total. The minimum absolute atomic E-state index is 0.413. The first-order valence-corrected chi connectivity index (χ1v) is 8.04. The Morgan fingerprint density at radius 2 is 2.16 bits per heavy atom. The third kappa shape index (κ3) is 3.30. The summed E-state index contributed by atoms with van der Waals surface area (Å²) in [5, 5.41) is 3.68. The van der Waals surface area contributed by atoms with E-state index in [1.807, 2.05) is 0 Å². The van der Waals surface area contributed by atoms with Crippen LogP contribution in [-0.4, -0.2) is 73.9 Å². The minimum atomic E-state index is 0.413. The minimum Gasteiger partial charge on any atom is -0.374 e. The van der Waals surface area contributed by atoms with Crippen molar-refractivity contribution < 1.29 is 4.74 Å². The molecule has 0 spiro atoms. The van der Waals surface area contributed by atoms with Crippen LogP contribution in [0.4, 0.5) is 0 Å². The van der Waals surface area contributed by atoms with Crippen molar-refractivity contribution in [2.75, 3.05) is 45.9 Å². The molecule has 0 aromatic carbocycles. The average Bonchev–Trinajstić information content (AvgIpc) is 2.81. The molecule has 0 aromatic rings. The number of ether oxygens (including phenoxy) is 1. The molecule has 3 saturated heterocycles. The molecule has 110 valence electrons. The number of morpholine rings is 1.